The lowest BCUT2D eigenvalue weighted by Crippen LogP contribution is -2.23. The smallest absolute Gasteiger partial charge is 0.257 e. The van der Waals surface area contributed by atoms with Crippen molar-refractivity contribution < 1.29 is 14.6 Å². The molecule has 1 unspecified atom stereocenters. The number of aliphatic hydroxyl groups is 1. The molecule has 0 spiro atoms. The van der Waals surface area contributed by atoms with E-state index in [1.807, 2.05) is 19.2 Å². The zero-order chi connectivity index (χ0) is 14.1. The van der Waals surface area contributed by atoms with Gasteiger partial charge in [-0.05, 0) is 30.9 Å². The van der Waals surface area contributed by atoms with Crippen molar-refractivity contribution >= 4 is 17.3 Å². The largest absolute Gasteiger partial charge is 0.379 e. The Morgan fingerprint density at radius 2 is 2.25 bits per heavy atom. The summed E-state index contributed by atoms with van der Waals surface area (Å²) < 4.78 is 5.63. The molecule has 1 aromatic rings. The minimum atomic E-state index is -1.04. The number of nitrogens with zero attached hydrogens (tertiary/aromatic N) is 1. The predicted molar refractivity (Wildman–Crippen MR) is 76.8 cm³/mol. The van der Waals surface area contributed by atoms with Gasteiger partial charge in [0.1, 0.15) is 0 Å². The van der Waals surface area contributed by atoms with E-state index in [-0.39, 0.29) is 5.91 Å². The molecule has 2 N–H and O–H groups in total. The van der Waals surface area contributed by atoms with Gasteiger partial charge in [0.25, 0.3) is 5.91 Å². The molecule has 0 radical (unpaired) electrons. The van der Waals surface area contributed by atoms with Gasteiger partial charge in [-0.2, -0.15) is 0 Å². The van der Waals surface area contributed by atoms with Gasteiger partial charge in [-0.25, -0.2) is 0 Å². The molecule has 3 rings (SSSR count). The van der Waals surface area contributed by atoms with E-state index in [4.69, 9.17) is 4.74 Å². The van der Waals surface area contributed by atoms with Crippen molar-refractivity contribution in [1.29, 1.82) is 0 Å². The second-order valence-electron chi connectivity index (χ2n) is 5.60. The van der Waals surface area contributed by atoms with Crippen molar-refractivity contribution in [1.82, 2.24) is 0 Å². The maximum absolute atomic E-state index is 11.4. The number of ether oxygens (including phenoxy) is 1. The molecule has 1 aliphatic heterocycles. The topological polar surface area (TPSA) is 61.8 Å². The Hall–Kier alpha value is -1.59. The third-order valence-corrected chi connectivity index (χ3v) is 3.90. The summed E-state index contributed by atoms with van der Waals surface area (Å²) in [6.07, 6.45) is 1.58. The van der Waals surface area contributed by atoms with Crippen LogP contribution in [0, 0.1) is 5.92 Å². The van der Waals surface area contributed by atoms with Gasteiger partial charge < -0.3 is 20.1 Å². The zero-order valence-corrected chi connectivity index (χ0v) is 11.6. The fourth-order valence-corrected chi connectivity index (χ4v) is 2.34. The molecule has 2 aliphatic rings. The lowest BCUT2D eigenvalue weighted by atomic mass is 10.1. The van der Waals surface area contributed by atoms with E-state index in [1.54, 1.807) is 6.07 Å². The second-order valence-corrected chi connectivity index (χ2v) is 5.60. The van der Waals surface area contributed by atoms with Crippen LogP contribution in [0.1, 0.15) is 24.5 Å². The molecule has 1 fully saturated rings. The average Bonchev–Trinajstić information content (AvgIpc) is 3.22. The van der Waals surface area contributed by atoms with Crippen LogP contribution in [0.4, 0.5) is 11.4 Å². The first kappa shape index (κ1) is 13.4. The van der Waals surface area contributed by atoms with Gasteiger partial charge in [-0.1, -0.05) is 6.07 Å². The number of hydrogen-bond acceptors (Lipinski definition) is 4. The standard InChI is InChI=1S/C15H20N2O3/c1-17(6-7-20-9-10-2-3-10)11-4-5-12-13(8-11)16-15(19)14(12)18/h4-5,8,10,14,18H,2-3,6-7,9H2,1H3,(H,16,19). The van der Waals surface area contributed by atoms with Gasteiger partial charge in [0.05, 0.1) is 6.61 Å². The molecule has 1 amide bonds. The van der Waals surface area contributed by atoms with Crippen molar-refractivity contribution in [3.63, 3.8) is 0 Å². The molecule has 0 bridgehead atoms. The van der Waals surface area contributed by atoms with Crippen LogP contribution in [0.3, 0.4) is 0 Å². The Bertz CT molecular complexity index is 514. The van der Waals surface area contributed by atoms with Gasteiger partial charge >= 0.3 is 0 Å². The van der Waals surface area contributed by atoms with Crippen LogP contribution < -0.4 is 10.2 Å². The molecule has 1 atom stereocenters. The van der Waals surface area contributed by atoms with Crippen LogP contribution >= 0.6 is 0 Å². The van der Waals surface area contributed by atoms with E-state index >= 15 is 0 Å². The Balaban J connectivity index is 1.56. The molecule has 1 aliphatic carbocycles. The third kappa shape index (κ3) is 2.78. The summed E-state index contributed by atoms with van der Waals surface area (Å²) in [6.45, 7) is 2.39. The number of amides is 1. The number of hydrogen-bond donors (Lipinski definition) is 2. The van der Waals surface area contributed by atoms with Crippen LogP contribution in [0.2, 0.25) is 0 Å². The number of benzene rings is 1. The molecule has 20 heavy (non-hydrogen) atoms. The minimum absolute atomic E-state index is 0.354. The van der Waals surface area contributed by atoms with Crippen LogP contribution in [0.5, 0.6) is 0 Å². The lowest BCUT2D eigenvalue weighted by Gasteiger charge is -2.20. The Morgan fingerprint density at radius 3 is 3.00 bits per heavy atom. The highest BCUT2D eigenvalue weighted by molar-refractivity contribution is 6.02. The highest BCUT2D eigenvalue weighted by atomic mass is 16.5. The fourth-order valence-electron chi connectivity index (χ4n) is 2.34. The van der Waals surface area contributed by atoms with E-state index in [1.165, 1.54) is 12.8 Å². The Labute approximate surface area is 118 Å². The first-order chi connectivity index (χ1) is 9.65. The van der Waals surface area contributed by atoms with Crippen molar-refractivity contribution in [3.8, 4) is 0 Å². The first-order valence-electron chi connectivity index (χ1n) is 7.07. The van der Waals surface area contributed by atoms with Gasteiger partial charge in [0.2, 0.25) is 0 Å². The van der Waals surface area contributed by atoms with Gasteiger partial charge in [0, 0.05) is 37.1 Å². The maximum atomic E-state index is 11.4. The van der Waals surface area contributed by atoms with Crippen LogP contribution in [0.15, 0.2) is 18.2 Å². The van der Waals surface area contributed by atoms with Crippen LogP contribution in [-0.2, 0) is 9.53 Å². The molecule has 0 aromatic heterocycles. The van der Waals surface area contributed by atoms with Gasteiger partial charge in [-0.3, -0.25) is 4.79 Å². The SMILES string of the molecule is CN(CCOCC1CC1)c1ccc2c(c1)NC(=O)C2O. The van der Waals surface area contributed by atoms with E-state index < -0.39 is 6.10 Å². The quantitative estimate of drug-likeness (QED) is 0.774. The van der Waals surface area contributed by atoms with Crippen molar-refractivity contribution in [2.45, 2.75) is 18.9 Å². The number of anilines is 2. The number of likely N-dealkylation sites (N-methyl/N-ethyl adjacent to an activating group) is 1. The van der Waals surface area contributed by atoms with E-state index in [9.17, 15) is 9.90 Å². The predicted octanol–water partition coefficient (Wildman–Crippen LogP) is 1.53. The highest BCUT2D eigenvalue weighted by Gasteiger charge is 2.28. The summed E-state index contributed by atoms with van der Waals surface area (Å²) in [5.41, 5.74) is 2.36. The zero-order valence-electron chi connectivity index (χ0n) is 11.6. The van der Waals surface area contributed by atoms with E-state index in [0.29, 0.717) is 17.9 Å². The van der Waals surface area contributed by atoms with Crippen molar-refractivity contribution in [2.75, 3.05) is 37.0 Å². The molecule has 5 nitrogen and oxygen atoms in total. The first-order valence-corrected chi connectivity index (χ1v) is 7.07. The summed E-state index contributed by atoms with van der Waals surface area (Å²) in [6, 6.07) is 5.61. The summed E-state index contributed by atoms with van der Waals surface area (Å²) in [5.74, 6) is 0.435. The van der Waals surface area contributed by atoms with E-state index in [0.717, 1.165) is 24.8 Å². The summed E-state index contributed by atoms with van der Waals surface area (Å²) >= 11 is 0. The van der Waals surface area contributed by atoms with Gasteiger partial charge in [-0.15, -0.1) is 0 Å². The molecule has 0 saturated heterocycles. The van der Waals surface area contributed by atoms with Gasteiger partial charge in [0.15, 0.2) is 6.10 Å². The summed E-state index contributed by atoms with van der Waals surface area (Å²) in [7, 11) is 2.00. The fraction of sp³-hybridized carbons (Fsp3) is 0.533. The maximum Gasteiger partial charge on any atom is 0.257 e. The molecular weight excluding hydrogens is 256 g/mol. The molecule has 1 heterocycles. The Kier molecular flexibility index (Phi) is 3.63. The second kappa shape index (κ2) is 5.42. The summed E-state index contributed by atoms with van der Waals surface area (Å²) in [5, 5.41) is 12.4. The monoisotopic (exact) mass is 276 g/mol. The molecule has 108 valence electrons. The molecule has 5 heteroatoms. The number of fused-ring (bicyclic) bond motifs is 1. The van der Waals surface area contributed by atoms with Crippen LogP contribution in [-0.4, -0.2) is 37.8 Å². The normalized spacial score (nSPS) is 20.7. The lowest BCUT2D eigenvalue weighted by molar-refractivity contribution is -0.123. The average molecular weight is 276 g/mol. The number of aliphatic hydroxyl groups excluding tert-OH is 1. The third-order valence-electron chi connectivity index (χ3n) is 3.90. The molecule has 1 aromatic carbocycles. The number of rotatable bonds is 6. The molecule has 1 saturated carbocycles. The van der Waals surface area contributed by atoms with Crippen molar-refractivity contribution in [3.05, 3.63) is 23.8 Å². The molecular formula is C15H20N2O3. The number of carbonyl (C=O) groups excluding carboxylic acids is 1. The number of carbonyl (C=O) groups is 1. The summed E-state index contributed by atoms with van der Waals surface area (Å²) in [4.78, 5) is 13.5. The number of nitrogens with one attached hydrogen (secondary N) is 1. The van der Waals surface area contributed by atoms with Crippen LogP contribution in [0.25, 0.3) is 0 Å². The Morgan fingerprint density at radius 1 is 1.45 bits per heavy atom. The van der Waals surface area contributed by atoms with E-state index in [2.05, 4.69) is 10.2 Å². The highest BCUT2D eigenvalue weighted by Crippen LogP contribution is 2.33. The van der Waals surface area contributed by atoms with Crippen molar-refractivity contribution in [2.24, 2.45) is 5.92 Å². The minimum Gasteiger partial charge on any atom is -0.379 e.